The molecular weight excluding hydrogens is 266 g/mol. The van der Waals surface area contributed by atoms with Gasteiger partial charge in [0.15, 0.2) is 0 Å². The van der Waals surface area contributed by atoms with E-state index in [-0.39, 0.29) is 11.2 Å². The molecule has 1 aromatic carbocycles. The smallest absolute Gasteiger partial charge is 0.233 e. The van der Waals surface area contributed by atoms with Crippen LogP contribution >= 0.6 is 12.6 Å². The molecule has 1 aliphatic rings. The van der Waals surface area contributed by atoms with E-state index in [1.807, 2.05) is 30.3 Å². The normalized spacial score (nSPS) is 27.9. The fraction of sp³-hybridized carbons (Fsp3) is 0.588. The van der Waals surface area contributed by atoms with Crippen LogP contribution in [0.5, 0.6) is 0 Å². The Morgan fingerprint density at radius 3 is 2.60 bits per heavy atom. The third-order valence-electron chi connectivity index (χ3n) is 4.52. The second-order valence-corrected chi connectivity index (χ2v) is 6.80. The van der Waals surface area contributed by atoms with Gasteiger partial charge in [0, 0.05) is 6.04 Å². The Labute approximate surface area is 127 Å². The maximum Gasteiger partial charge on any atom is 0.233 e. The van der Waals surface area contributed by atoms with Crippen LogP contribution in [0.3, 0.4) is 0 Å². The SMILES string of the molecule is CC1CCC(NC(=O)C(S)Cc2ccccc2)CC1C. The lowest BCUT2D eigenvalue weighted by Crippen LogP contribution is -2.43. The van der Waals surface area contributed by atoms with Crippen molar-refractivity contribution in [1.29, 1.82) is 0 Å². The van der Waals surface area contributed by atoms with Crippen LogP contribution in [0.1, 0.15) is 38.7 Å². The number of carbonyl (C=O) groups excluding carboxylic acids is 1. The summed E-state index contributed by atoms with van der Waals surface area (Å²) in [4.78, 5) is 12.2. The predicted molar refractivity (Wildman–Crippen MR) is 87.0 cm³/mol. The first-order valence-electron chi connectivity index (χ1n) is 7.58. The highest BCUT2D eigenvalue weighted by Gasteiger charge is 2.26. The van der Waals surface area contributed by atoms with E-state index < -0.39 is 0 Å². The highest BCUT2D eigenvalue weighted by atomic mass is 32.1. The Morgan fingerprint density at radius 2 is 1.95 bits per heavy atom. The summed E-state index contributed by atoms with van der Waals surface area (Å²) in [6, 6.07) is 10.4. The fourth-order valence-corrected chi connectivity index (χ4v) is 3.19. The lowest BCUT2D eigenvalue weighted by molar-refractivity contribution is -0.121. The van der Waals surface area contributed by atoms with Crippen LogP contribution in [0, 0.1) is 11.8 Å². The molecule has 1 aliphatic carbocycles. The van der Waals surface area contributed by atoms with Gasteiger partial charge in [0.05, 0.1) is 5.25 Å². The summed E-state index contributed by atoms with van der Waals surface area (Å²) < 4.78 is 0. The number of thiol groups is 1. The number of nitrogens with one attached hydrogen (secondary N) is 1. The fourth-order valence-electron chi connectivity index (χ4n) is 2.91. The average molecular weight is 291 g/mol. The predicted octanol–water partition coefficient (Wildman–Crippen LogP) is 3.47. The van der Waals surface area contributed by atoms with Crippen molar-refractivity contribution >= 4 is 18.5 Å². The Balaban J connectivity index is 1.82. The lowest BCUT2D eigenvalue weighted by atomic mass is 9.79. The molecule has 0 heterocycles. The number of hydrogen-bond acceptors (Lipinski definition) is 2. The van der Waals surface area contributed by atoms with E-state index in [0.29, 0.717) is 18.4 Å². The Morgan fingerprint density at radius 1 is 1.25 bits per heavy atom. The summed E-state index contributed by atoms with van der Waals surface area (Å²) >= 11 is 4.46. The number of benzene rings is 1. The maximum absolute atomic E-state index is 12.2. The first-order valence-corrected chi connectivity index (χ1v) is 8.10. The third kappa shape index (κ3) is 4.27. The van der Waals surface area contributed by atoms with Crippen molar-refractivity contribution in [1.82, 2.24) is 5.32 Å². The van der Waals surface area contributed by atoms with Crippen LogP contribution < -0.4 is 5.32 Å². The second kappa shape index (κ2) is 7.16. The molecule has 4 atom stereocenters. The molecule has 0 aliphatic heterocycles. The third-order valence-corrected chi connectivity index (χ3v) is 4.94. The molecule has 0 spiro atoms. The molecule has 1 fully saturated rings. The quantitative estimate of drug-likeness (QED) is 0.817. The van der Waals surface area contributed by atoms with Gasteiger partial charge in [0.1, 0.15) is 0 Å². The second-order valence-electron chi connectivity index (χ2n) is 6.18. The summed E-state index contributed by atoms with van der Waals surface area (Å²) in [6.45, 7) is 4.59. The minimum Gasteiger partial charge on any atom is -0.352 e. The minimum atomic E-state index is -0.257. The molecule has 1 N–H and O–H groups in total. The number of hydrogen-bond donors (Lipinski definition) is 2. The average Bonchev–Trinajstić information content (AvgIpc) is 2.44. The monoisotopic (exact) mass is 291 g/mol. The standard InChI is InChI=1S/C17H25NOS/c1-12-8-9-15(10-13(12)2)18-17(19)16(20)11-14-6-4-3-5-7-14/h3-7,12-13,15-16,20H,8-11H2,1-2H3,(H,18,19). The van der Waals surface area contributed by atoms with Crippen molar-refractivity contribution in [2.45, 2.75) is 50.8 Å². The highest BCUT2D eigenvalue weighted by Crippen LogP contribution is 2.29. The molecule has 0 saturated heterocycles. The zero-order chi connectivity index (χ0) is 14.5. The largest absolute Gasteiger partial charge is 0.352 e. The first-order chi connectivity index (χ1) is 9.56. The molecule has 1 amide bonds. The van der Waals surface area contributed by atoms with Crippen LogP contribution in [-0.4, -0.2) is 17.2 Å². The van der Waals surface area contributed by atoms with E-state index in [0.717, 1.165) is 24.3 Å². The van der Waals surface area contributed by atoms with Gasteiger partial charge in [-0.2, -0.15) is 12.6 Å². The molecule has 0 aromatic heterocycles. The summed E-state index contributed by atoms with van der Waals surface area (Å²) in [6.07, 6.45) is 4.10. The van der Waals surface area contributed by atoms with Crippen molar-refractivity contribution in [2.75, 3.05) is 0 Å². The van der Waals surface area contributed by atoms with Crippen molar-refractivity contribution in [2.24, 2.45) is 11.8 Å². The van der Waals surface area contributed by atoms with Gasteiger partial charge in [-0.15, -0.1) is 0 Å². The van der Waals surface area contributed by atoms with E-state index in [4.69, 9.17) is 0 Å². The van der Waals surface area contributed by atoms with Crippen molar-refractivity contribution in [3.8, 4) is 0 Å². The molecule has 0 bridgehead atoms. The minimum absolute atomic E-state index is 0.0731. The summed E-state index contributed by atoms with van der Waals surface area (Å²) in [5.41, 5.74) is 1.16. The zero-order valence-corrected chi connectivity index (χ0v) is 13.3. The van der Waals surface area contributed by atoms with E-state index in [1.165, 1.54) is 6.42 Å². The van der Waals surface area contributed by atoms with Gasteiger partial charge in [-0.1, -0.05) is 44.2 Å². The van der Waals surface area contributed by atoms with Crippen LogP contribution in [0.15, 0.2) is 30.3 Å². The molecule has 0 radical (unpaired) electrons. The van der Waals surface area contributed by atoms with Crippen LogP contribution in [0.2, 0.25) is 0 Å². The van der Waals surface area contributed by atoms with Crippen molar-refractivity contribution in [3.05, 3.63) is 35.9 Å². The molecule has 2 nitrogen and oxygen atoms in total. The van der Waals surface area contributed by atoms with Gasteiger partial charge in [-0.05, 0) is 43.1 Å². The molecule has 20 heavy (non-hydrogen) atoms. The van der Waals surface area contributed by atoms with E-state index >= 15 is 0 Å². The Hall–Kier alpha value is -0.960. The van der Waals surface area contributed by atoms with Crippen molar-refractivity contribution < 1.29 is 4.79 Å². The first kappa shape index (κ1) is 15.4. The van der Waals surface area contributed by atoms with Gasteiger partial charge in [0.25, 0.3) is 0 Å². The highest BCUT2D eigenvalue weighted by molar-refractivity contribution is 7.81. The molecule has 1 saturated carbocycles. The van der Waals surface area contributed by atoms with Crippen molar-refractivity contribution in [3.63, 3.8) is 0 Å². The zero-order valence-electron chi connectivity index (χ0n) is 12.4. The van der Waals surface area contributed by atoms with Gasteiger partial charge >= 0.3 is 0 Å². The number of amides is 1. The molecule has 3 heteroatoms. The van der Waals surface area contributed by atoms with Gasteiger partial charge in [-0.25, -0.2) is 0 Å². The van der Waals surface area contributed by atoms with Crippen LogP contribution in [0.4, 0.5) is 0 Å². The number of carbonyl (C=O) groups is 1. The molecular formula is C17H25NOS. The van der Waals surface area contributed by atoms with E-state index in [1.54, 1.807) is 0 Å². The molecule has 4 unspecified atom stereocenters. The number of rotatable bonds is 4. The molecule has 1 aromatic rings. The molecule has 110 valence electrons. The van der Waals surface area contributed by atoms with Crippen LogP contribution in [0.25, 0.3) is 0 Å². The van der Waals surface area contributed by atoms with E-state index in [9.17, 15) is 4.79 Å². The topological polar surface area (TPSA) is 29.1 Å². The van der Waals surface area contributed by atoms with Gasteiger partial charge in [0.2, 0.25) is 5.91 Å². The van der Waals surface area contributed by atoms with E-state index in [2.05, 4.69) is 31.8 Å². The summed E-state index contributed by atoms with van der Waals surface area (Å²) in [5, 5.41) is 2.92. The Bertz CT molecular complexity index is 434. The summed E-state index contributed by atoms with van der Waals surface area (Å²) in [7, 11) is 0. The summed E-state index contributed by atoms with van der Waals surface area (Å²) in [5.74, 6) is 1.55. The van der Waals surface area contributed by atoms with Crippen LogP contribution in [-0.2, 0) is 11.2 Å². The van der Waals surface area contributed by atoms with Gasteiger partial charge < -0.3 is 5.32 Å². The Kier molecular flexibility index (Phi) is 5.53. The lowest BCUT2D eigenvalue weighted by Gasteiger charge is -2.33. The van der Waals surface area contributed by atoms with Gasteiger partial charge in [-0.3, -0.25) is 4.79 Å². The maximum atomic E-state index is 12.2. The molecule has 2 rings (SSSR count).